The Hall–Kier alpha value is -1.44. The molecule has 66 valence electrons. The molecule has 1 aromatic carbocycles. The normalized spacial score (nSPS) is 23.0. The third-order valence-electron chi connectivity index (χ3n) is 2.78. The Morgan fingerprint density at radius 3 is 3.07 bits per heavy atom. The first-order chi connectivity index (χ1) is 6.86. The molecule has 0 spiro atoms. The molecule has 1 nitrogen and oxygen atoms in total. The predicted molar refractivity (Wildman–Crippen MR) is 56.3 cm³/mol. The van der Waals surface area contributed by atoms with Crippen LogP contribution in [-0.2, 0) is 0 Å². The number of allylic oxidation sites excluding steroid dienone is 4. The number of ether oxygens (including phenoxy) is 1. The van der Waals surface area contributed by atoms with Gasteiger partial charge in [0.25, 0.3) is 0 Å². The predicted octanol–water partition coefficient (Wildman–Crippen LogP) is 2.50. The van der Waals surface area contributed by atoms with Gasteiger partial charge in [-0.15, -0.1) is 0 Å². The van der Waals surface area contributed by atoms with Gasteiger partial charge >= 0.3 is 0 Å². The van der Waals surface area contributed by atoms with Crippen LogP contribution in [0.4, 0.5) is 0 Å². The van der Waals surface area contributed by atoms with Gasteiger partial charge in [-0.25, -0.2) is 0 Å². The van der Waals surface area contributed by atoms with Crippen molar-refractivity contribution in [3.63, 3.8) is 0 Å². The molecule has 2 aliphatic rings. The molecule has 1 aliphatic carbocycles. The molecule has 0 fully saturated rings. The van der Waals surface area contributed by atoms with Crippen molar-refractivity contribution in [1.82, 2.24) is 0 Å². The largest absolute Gasteiger partial charge is 0.461 e. The van der Waals surface area contributed by atoms with Crippen molar-refractivity contribution in [1.29, 1.82) is 0 Å². The van der Waals surface area contributed by atoms with E-state index in [1.165, 1.54) is 5.56 Å². The van der Waals surface area contributed by atoms with Crippen LogP contribution in [0.15, 0.2) is 47.6 Å². The summed E-state index contributed by atoms with van der Waals surface area (Å²) in [7, 11) is 5.87. The van der Waals surface area contributed by atoms with Gasteiger partial charge in [0.1, 0.15) is 19.4 Å². The Bertz CT molecular complexity index is 445. The van der Waals surface area contributed by atoms with Gasteiger partial charge in [-0.05, 0) is 12.5 Å². The molecule has 14 heavy (non-hydrogen) atoms. The zero-order valence-corrected chi connectivity index (χ0v) is 7.73. The van der Waals surface area contributed by atoms with Crippen molar-refractivity contribution in [3.05, 3.63) is 53.2 Å². The molecule has 1 atom stereocenters. The first kappa shape index (κ1) is 7.92. The molecule has 1 heterocycles. The Labute approximate surface area is 84.5 Å². The number of fused-ring (bicyclic) bond motifs is 3. The van der Waals surface area contributed by atoms with Gasteiger partial charge < -0.3 is 4.74 Å². The summed E-state index contributed by atoms with van der Waals surface area (Å²) in [5.41, 5.74) is 2.02. The zero-order valence-electron chi connectivity index (χ0n) is 7.73. The van der Waals surface area contributed by atoms with E-state index in [2.05, 4.69) is 12.1 Å². The van der Waals surface area contributed by atoms with E-state index in [4.69, 9.17) is 12.6 Å². The Balaban J connectivity index is 2.16. The number of benzene rings is 1. The summed E-state index contributed by atoms with van der Waals surface area (Å²) in [6.45, 7) is 0. The van der Waals surface area contributed by atoms with E-state index < -0.39 is 0 Å². The highest BCUT2D eigenvalue weighted by molar-refractivity contribution is 6.24. The van der Waals surface area contributed by atoms with Crippen molar-refractivity contribution < 1.29 is 4.74 Å². The fraction of sp³-hybridized carbons (Fsp3) is 0.167. The SMILES string of the molecule is [B]C1=C2Oc3ccccc3C2CC=C1. The van der Waals surface area contributed by atoms with Gasteiger partial charge in [0, 0.05) is 11.5 Å². The molecule has 0 aromatic heterocycles. The summed E-state index contributed by atoms with van der Waals surface area (Å²) in [6.07, 6.45) is 5.03. The van der Waals surface area contributed by atoms with E-state index >= 15 is 0 Å². The molecule has 0 N–H and O–H groups in total. The van der Waals surface area contributed by atoms with E-state index in [1.54, 1.807) is 0 Å². The average Bonchev–Trinajstić information content (AvgIpc) is 2.59. The monoisotopic (exact) mass is 180 g/mol. The Morgan fingerprint density at radius 2 is 2.14 bits per heavy atom. The van der Waals surface area contributed by atoms with E-state index in [0.717, 1.165) is 23.4 Å². The van der Waals surface area contributed by atoms with Gasteiger partial charge in [-0.1, -0.05) is 35.8 Å². The molecule has 1 unspecified atom stereocenters. The smallest absolute Gasteiger partial charge is 0.130 e. The van der Waals surface area contributed by atoms with Crippen molar-refractivity contribution in [2.45, 2.75) is 12.3 Å². The molecule has 0 saturated heterocycles. The lowest BCUT2D eigenvalue weighted by molar-refractivity contribution is 0.423. The number of rotatable bonds is 0. The molecular weight excluding hydrogens is 171 g/mol. The third-order valence-corrected chi connectivity index (χ3v) is 2.78. The maximum atomic E-state index is 5.87. The van der Waals surface area contributed by atoms with Crippen LogP contribution in [-0.4, -0.2) is 7.85 Å². The second-order valence-electron chi connectivity index (χ2n) is 3.65. The standard InChI is InChI=1S/C12H9BO/c13-10-6-3-5-9-8-4-1-2-7-11(8)14-12(9)10/h1-4,6-7,9H,5H2. The van der Waals surface area contributed by atoms with Gasteiger partial charge in [-0.3, -0.25) is 0 Å². The lowest BCUT2D eigenvalue weighted by Gasteiger charge is -2.14. The van der Waals surface area contributed by atoms with Gasteiger partial charge in [0.15, 0.2) is 0 Å². The second kappa shape index (κ2) is 2.78. The Morgan fingerprint density at radius 1 is 1.29 bits per heavy atom. The molecule has 1 aromatic rings. The van der Waals surface area contributed by atoms with Crippen LogP contribution in [0.3, 0.4) is 0 Å². The quantitative estimate of drug-likeness (QED) is 0.557. The van der Waals surface area contributed by atoms with Gasteiger partial charge in [-0.2, -0.15) is 0 Å². The van der Waals surface area contributed by atoms with Crippen LogP contribution in [0.5, 0.6) is 5.75 Å². The number of hydrogen-bond acceptors (Lipinski definition) is 1. The molecule has 2 radical (unpaired) electrons. The summed E-state index contributed by atoms with van der Waals surface area (Å²) in [5, 5.41) is 0. The number of hydrogen-bond donors (Lipinski definition) is 0. The zero-order chi connectivity index (χ0) is 9.54. The average molecular weight is 180 g/mol. The van der Waals surface area contributed by atoms with Crippen LogP contribution >= 0.6 is 0 Å². The Kier molecular flexibility index (Phi) is 1.57. The lowest BCUT2D eigenvalue weighted by atomic mass is 9.82. The molecule has 0 saturated carbocycles. The minimum atomic E-state index is 0.344. The maximum Gasteiger partial charge on any atom is 0.130 e. The highest BCUT2D eigenvalue weighted by Crippen LogP contribution is 2.45. The first-order valence-electron chi connectivity index (χ1n) is 4.79. The van der Waals surface area contributed by atoms with Crippen LogP contribution in [0, 0.1) is 0 Å². The van der Waals surface area contributed by atoms with Crippen LogP contribution < -0.4 is 4.74 Å². The summed E-state index contributed by atoms with van der Waals surface area (Å²) >= 11 is 0. The molecule has 2 heteroatoms. The molecule has 0 amide bonds. The topological polar surface area (TPSA) is 9.23 Å². The highest BCUT2D eigenvalue weighted by Gasteiger charge is 2.30. The number of para-hydroxylation sites is 1. The fourth-order valence-electron chi connectivity index (χ4n) is 2.10. The first-order valence-corrected chi connectivity index (χ1v) is 4.79. The van der Waals surface area contributed by atoms with Gasteiger partial charge in [0.05, 0.1) is 0 Å². The van der Waals surface area contributed by atoms with E-state index in [9.17, 15) is 0 Å². The minimum absolute atomic E-state index is 0.344. The van der Waals surface area contributed by atoms with Gasteiger partial charge in [0.2, 0.25) is 0 Å². The maximum absolute atomic E-state index is 5.87. The van der Waals surface area contributed by atoms with Crippen LogP contribution in [0.25, 0.3) is 0 Å². The summed E-state index contributed by atoms with van der Waals surface area (Å²) in [5.74, 6) is 2.23. The molecule has 1 aliphatic heterocycles. The molecular formula is C12H9BO. The lowest BCUT2D eigenvalue weighted by Crippen LogP contribution is -2.05. The fourth-order valence-corrected chi connectivity index (χ4v) is 2.10. The highest BCUT2D eigenvalue weighted by atomic mass is 16.5. The molecule has 0 bridgehead atoms. The summed E-state index contributed by atoms with van der Waals surface area (Å²) in [4.78, 5) is 0. The molecule has 3 rings (SSSR count). The van der Waals surface area contributed by atoms with Crippen LogP contribution in [0.1, 0.15) is 17.9 Å². The van der Waals surface area contributed by atoms with Crippen molar-refractivity contribution in [2.24, 2.45) is 0 Å². The second-order valence-corrected chi connectivity index (χ2v) is 3.65. The summed E-state index contributed by atoms with van der Waals surface area (Å²) in [6, 6.07) is 8.13. The van der Waals surface area contributed by atoms with Crippen molar-refractivity contribution in [3.8, 4) is 5.75 Å². The van der Waals surface area contributed by atoms with Crippen LogP contribution in [0.2, 0.25) is 0 Å². The third kappa shape index (κ3) is 0.970. The van der Waals surface area contributed by atoms with Crippen molar-refractivity contribution >= 4 is 7.85 Å². The minimum Gasteiger partial charge on any atom is -0.461 e. The van der Waals surface area contributed by atoms with E-state index in [0.29, 0.717) is 5.92 Å². The van der Waals surface area contributed by atoms with Crippen molar-refractivity contribution in [2.75, 3.05) is 0 Å². The summed E-state index contributed by atoms with van der Waals surface area (Å²) < 4.78 is 5.73. The van der Waals surface area contributed by atoms with E-state index in [-0.39, 0.29) is 0 Å². The van der Waals surface area contributed by atoms with E-state index in [1.807, 2.05) is 24.3 Å².